The number of hydrogen-bond acceptors (Lipinski definition) is 3. The topological polar surface area (TPSA) is 59.8 Å². The van der Waals surface area contributed by atoms with Gasteiger partial charge in [-0.2, -0.15) is 0 Å². The molecule has 6 heteroatoms. The molecule has 2 unspecified atom stereocenters. The summed E-state index contributed by atoms with van der Waals surface area (Å²) < 4.78 is 2.81. The van der Waals surface area contributed by atoms with E-state index in [2.05, 4.69) is 35.8 Å². The summed E-state index contributed by atoms with van der Waals surface area (Å²) in [5, 5.41) is 3.11. The fourth-order valence-electron chi connectivity index (χ4n) is 2.69. The van der Waals surface area contributed by atoms with Gasteiger partial charge in [0.2, 0.25) is 0 Å². The number of hydrogen-bond donors (Lipinski definition) is 1. The highest BCUT2D eigenvalue weighted by Gasteiger charge is 2.29. The molecule has 0 aromatic carbocycles. The third kappa shape index (κ3) is 2.75. The highest BCUT2D eigenvalue weighted by molar-refractivity contribution is 9.10. The number of halogens is 1. The fraction of sp³-hybridized carbons (Fsp3) is 0.357. The summed E-state index contributed by atoms with van der Waals surface area (Å²) in [6.45, 7) is 0. The first-order valence-electron chi connectivity index (χ1n) is 6.64. The Balaban J connectivity index is 1.70. The Kier molecular flexibility index (Phi) is 3.82. The molecule has 2 heterocycles. The molecule has 20 heavy (non-hydrogen) atoms. The minimum absolute atomic E-state index is 0.0676. The molecule has 0 radical (unpaired) electrons. The Labute approximate surface area is 125 Å². The number of carbonyl (C=O) groups is 1. The van der Waals surface area contributed by atoms with Crippen LogP contribution in [0.2, 0.25) is 0 Å². The summed E-state index contributed by atoms with van der Waals surface area (Å²) in [7, 11) is 0. The van der Waals surface area contributed by atoms with Crippen molar-refractivity contribution >= 4 is 21.8 Å². The zero-order valence-corrected chi connectivity index (χ0v) is 12.5. The van der Waals surface area contributed by atoms with E-state index in [-0.39, 0.29) is 11.9 Å². The number of imidazole rings is 1. The Bertz CT molecular complexity index is 582. The monoisotopic (exact) mass is 334 g/mol. The van der Waals surface area contributed by atoms with Gasteiger partial charge in [0.05, 0.1) is 17.9 Å². The van der Waals surface area contributed by atoms with Crippen molar-refractivity contribution in [2.24, 2.45) is 0 Å². The van der Waals surface area contributed by atoms with Crippen molar-refractivity contribution in [3.05, 3.63) is 47.2 Å². The SMILES string of the molecule is O=C(NC1CCCC1n1ccnc1)c1ccc(Br)nc1. The van der Waals surface area contributed by atoms with Crippen LogP contribution in [-0.2, 0) is 0 Å². The summed E-state index contributed by atoms with van der Waals surface area (Å²) in [5.41, 5.74) is 0.587. The molecule has 1 aliphatic rings. The standard InChI is InChI=1S/C14H15BrN4O/c15-13-5-4-10(8-17-13)14(20)18-11-2-1-3-12(11)19-7-6-16-9-19/h4-9,11-12H,1-3H2,(H,18,20). The van der Waals surface area contributed by atoms with Gasteiger partial charge in [-0.15, -0.1) is 0 Å². The van der Waals surface area contributed by atoms with E-state index in [0.717, 1.165) is 23.9 Å². The van der Waals surface area contributed by atoms with Gasteiger partial charge >= 0.3 is 0 Å². The third-order valence-corrected chi connectivity index (χ3v) is 4.16. The first-order chi connectivity index (χ1) is 9.74. The quantitative estimate of drug-likeness (QED) is 0.877. The van der Waals surface area contributed by atoms with Crippen molar-refractivity contribution in [1.29, 1.82) is 0 Å². The second-order valence-electron chi connectivity index (χ2n) is 4.96. The molecule has 1 aliphatic carbocycles. The van der Waals surface area contributed by atoms with Gasteiger partial charge in [-0.1, -0.05) is 0 Å². The second-order valence-corrected chi connectivity index (χ2v) is 5.77. The van der Waals surface area contributed by atoms with Gasteiger partial charge in [0.25, 0.3) is 5.91 Å². The van der Waals surface area contributed by atoms with Crippen molar-refractivity contribution in [2.75, 3.05) is 0 Å². The van der Waals surface area contributed by atoms with Gasteiger partial charge in [0.15, 0.2) is 0 Å². The van der Waals surface area contributed by atoms with Crippen molar-refractivity contribution in [3.8, 4) is 0 Å². The molecule has 5 nitrogen and oxygen atoms in total. The van der Waals surface area contributed by atoms with Crippen molar-refractivity contribution in [2.45, 2.75) is 31.3 Å². The van der Waals surface area contributed by atoms with Crippen LogP contribution in [0.25, 0.3) is 0 Å². The predicted octanol–water partition coefficient (Wildman–Crippen LogP) is 2.56. The lowest BCUT2D eigenvalue weighted by atomic mass is 10.1. The van der Waals surface area contributed by atoms with Crippen LogP contribution in [0.1, 0.15) is 35.7 Å². The van der Waals surface area contributed by atoms with Crippen molar-refractivity contribution in [3.63, 3.8) is 0 Å². The van der Waals surface area contributed by atoms with Gasteiger partial charge < -0.3 is 9.88 Å². The van der Waals surface area contributed by atoms with E-state index >= 15 is 0 Å². The number of nitrogens with one attached hydrogen (secondary N) is 1. The summed E-state index contributed by atoms with van der Waals surface area (Å²) >= 11 is 3.27. The molecule has 2 aromatic heterocycles. The van der Waals surface area contributed by atoms with Crippen LogP contribution >= 0.6 is 15.9 Å². The van der Waals surface area contributed by atoms with E-state index in [1.165, 1.54) is 0 Å². The molecule has 2 aromatic rings. The molecular formula is C14H15BrN4O. The molecule has 0 saturated heterocycles. The molecule has 1 N–H and O–H groups in total. The Morgan fingerprint density at radius 3 is 3.00 bits per heavy atom. The van der Waals surface area contributed by atoms with Crippen molar-refractivity contribution < 1.29 is 4.79 Å². The van der Waals surface area contributed by atoms with Crippen LogP contribution in [0, 0.1) is 0 Å². The van der Waals surface area contributed by atoms with Crippen LogP contribution in [0.5, 0.6) is 0 Å². The lowest BCUT2D eigenvalue weighted by Crippen LogP contribution is -2.38. The highest BCUT2D eigenvalue weighted by Crippen LogP contribution is 2.30. The number of aromatic nitrogens is 3. The van der Waals surface area contributed by atoms with Gasteiger partial charge in [0, 0.05) is 24.6 Å². The molecule has 2 atom stereocenters. The number of rotatable bonds is 3. The lowest BCUT2D eigenvalue weighted by Gasteiger charge is -2.22. The van der Waals surface area contributed by atoms with Crippen LogP contribution in [0.4, 0.5) is 0 Å². The van der Waals surface area contributed by atoms with E-state index in [1.54, 1.807) is 24.5 Å². The number of carbonyl (C=O) groups excluding carboxylic acids is 1. The molecular weight excluding hydrogens is 320 g/mol. The van der Waals surface area contributed by atoms with Crippen LogP contribution in [-0.4, -0.2) is 26.5 Å². The normalized spacial score (nSPS) is 21.9. The minimum atomic E-state index is -0.0676. The van der Waals surface area contributed by atoms with Crippen LogP contribution in [0.15, 0.2) is 41.7 Å². The maximum Gasteiger partial charge on any atom is 0.253 e. The third-order valence-electron chi connectivity index (χ3n) is 3.69. The molecule has 0 bridgehead atoms. The van der Waals surface area contributed by atoms with Gasteiger partial charge in [-0.3, -0.25) is 4.79 Å². The van der Waals surface area contributed by atoms with Crippen LogP contribution in [0.3, 0.4) is 0 Å². The number of pyridine rings is 1. The lowest BCUT2D eigenvalue weighted by molar-refractivity contribution is 0.0928. The number of amides is 1. The second kappa shape index (κ2) is 5.75. The van der Waals surface area contributed by atoms with Gasteiger partial charge in [-0.05, 0) is 47.3 Å². The average molecular weight is 335 g/mol. The smallest absolute Gasteiger partial charge is 0.253 e. The highest BCUT2D eigenvalue weighted by atomic mass is 79.9. The molecule has 1 saturated carbocycles. The maximum atomic E-state index is 12.2. The van der Waals surface area contributed by atoms with E-state index in [0.29, 0.717) is 11.6 Å². The molecule has 3 rings (SSSR count). The first kappa shape index (κ1) is 13.3. The summed E-state index contributed by atoms with van der Waals surface area (Å²) in [4.78, 5) is 20.4. The predicted molar refractivity (Wildman–Crippen MR) is 78.3 cm³/mol. The summed E-state index contributed by atoms with van der Waals surface area (Å²) in [5.74, 6) is -0.0676. The zero-order chi connectivity index (χ0) is 13.9. The Morgan fingerprint density at radius 2 is 2.30 bits per heavy atom. The van der Waals surface area contributed by atoms with E-state index in [9.17, 15) is 4.79 Å². The maximum absolute atomic E-state index is 12.2. The fourth-order valence-corrected chi connectivity index (χ4v) is 2.93. The van der Waals surface area contributed by atoms with Crippen LogP contribution < -0.4 is 5.32 Å². The van der Waals surface area contributed by atoms with Gasteiger partial charge in [0.1, 0.15) is 4.60 Å². The molecule has 0 aliphatic heterocycles. The van der Waals surface area contributed by atoms with Gasteiger partial charge in [-0.25, -0.2) is 9.97 Å². The largest absolute Gasteiger partial charge is 0.347 e. The van der Waals surface area contributed by atoms with E-state index < -0.39 is 0 Å². The Hall–Kier alpha value is -1.69. The Morgan fingerprint density at radius 1 is 1.40 bits per heavy atom. The average Bonchev–Trinajstić information content (AvgIpc) is 3.09. The first-order valence-corrected chi connectivity index (χ1v) is 7.43. The molecule has 1 fully saturated rings. The number of nitrogens with zero attached hydrogens (tertiary/aromatic N) is 3. The zero-order valence-electron chi connectivity index (χ0n) is 10.9. The molecule has 1 amide bonds. The van der Waals surface area contributed by atoms with E-state index in [1.807, 2.05) is 12.5 Å². The molecule has 104 valence electrons. The summed E-state index contributed by atoms with van der Waals surface area (Å²) in [6, 6.07) is 4.00. The van der Waals surface area contributed by atoms with E-state index in [4.69, 9.17) is 0 Å². The minimum Gasteiger partial charge on any atom is -0.347 e. The van der Waals surface area contributed by atoms with Crippen molar-refractivity contribution in [1.82, 2.24) is 19.9 Å². The summed E-state index contributed by atoms with van der Waals surface area (Å²) in [6.07, 6.45) is 10.3. The molecule has 0 spiro atoms.